The van der Waals surface area contributed by atoms with E-state index in [1.165, 1.54) is 6.42 Å². The van der Waals surface area contributed by atoms with Crippen molar-refractivity contribution in [1.82, 2.24) is 4.98 Å². The van der Waals surface area contributed by atoms with Crippen LogP contribution < -0.4 is 11.1 Å². The molecule has 1 aromatic rings. The smallest absolute Gasteiger partial charge is 0.126 e. The first-order valence-electron chi connectivity index (χ1n) is 5.80. The lowest BCUT2D eigenvalue weighted by atomic mass is 10.1. The summed E-state index contributed by atoms with van der Waals surface area (Å²) in [7, 11) is 0. The van der Waals surface area contributed by atoms with E-state index in [1.807, 2.05) is 19.1 Å². The summed E-state index contributed by atoms with van der Waals surface area (Å²) in [6.45, 7) is 4.70. The van der Waals surface area contributed by atoms with E-state index in [0.29, 0.717) is 5.92 Å². The van der Waals surface area contributed by atoms with Crippen LogP contribution in [0.2, 0.25) is 0 Å². The van der Waals surface area contributed by atoms with Gasteiger partial charge in [-0.05, 0) is 37.8 Å². The molecule has 3 N–H and O–H groups in total. The van der Waals surface area contributed by atoms with Crippen molar-refractivity contribution in [1.29, 1.82) is 0 Å². The van der Waals surface area contributed by atoms with Crippen LogP contribution in [0.5, 0.6) is 0 Å². The number of nitrogen functional groups attached to an aromatic ring is 1. The predicted molar refractivity (Wildman–Crippen MR) is 65.4 cm³/mol. The minimum absolute atomic E-state index is 0.711. The molecule has 1 fully saturated rings. The van der Waals surface area contributed by atoms with Gasteiger partial charge in [-0.3, -0.25) is 0 Å². The molecule has 1 atom stereocenters. The Kier molecular flexibility index (Phi) is 3.62. The van der Waals surface area contributed by atoms with Crippen LogP contribution in [-0.2, 0) is 4.74 Å². The van der Waals surface area contributed by atoms with Crippen LogP contribution in [0.4, 0.5) is 11.5 Å². The van der Waals surface area contributed by atoms with E-state index in [9.17, 15) is 0 Å². The predicted octanol–water partition coefficient (Wildman–Crippen LogP) is 1.81. The molecule has 2 heterocycles. The summed E-state index contributed by atoms with van der Waals surface area (Å²) in [6.07, 6.45) is 2.33. The van der Waals surface area contributed by atoms with Crippen LogP contribution >= 0.6 is 0 Å². The third-order valence-corrected chi connectivity index (χ3v) is 3.01. The first-order valence-corrected chi connectivity index (χ1v) is 5.80. The lowest BCUT2D eigenvalue weighted by molar-refractivity contribution is 0.185. The zero-order valence-corrected chi connectivity index (χ0v) is 9.70. The number of pyridine rings is 1. The zero-order valence-electron chi connectivity index (χ0n) is 9.70. The summed E-state index contributed by atoms with van der Waals surface area (Å²) in [5.74, 6) is 1.62. The van der Waals surface area contributed by atoms with Crippen LogP contribution in [0, 0.1) is 12.8 Å². The third-order valence-electron chi connectivity index (χ3n) is 3.01. The fourth-order valence-electron chi connectivity index (χ4n) is 1.89. The van der Waals surface area contributed by atoms with E-state index in [1.54, 1.807) is 0 Å². The number of aromatic nitrogens is 1. The summed E-state index contributed by atoms with van der Waals surface area (Å²) in [4.78, 5) is 4.37. The monoisotopic (exact) mass is 221 g/mol. The number of aryl methyl sites for hydroxylation is 1. The largest absolute Gasteiger partial charge is 0.397 e. The van der Waals surface area contributed by atoms with Gasteiger partial charge in [0, 0.05) is 19.8 Å². The molecule has 4 nitrogen and oxygen atoms in total. The van der Waals surface area contributed by atoms with Gasteiger partial charge in [0.2, 0.25) is 0 Å². The molecule has 1 aliphatic heterocycles. The van der Waals surface area contributed by atoms with Gasteiger partial charge in [-0.25, -0.2) is 4.98 Å². The molecule has 0 aromatic carbocycles. The Morgan fingerprint density at radius 1 is 1.56 bits per heavy atom. The first kappa shape index (κ1) is 11.2. The minimum atomic E-state index is 0.711. The second kappa shape index (κ2) is 5.16. The molecule has 0 spiro atoms. The normalized spacial score (nSPS) is 19.9. The van der Waals surface area contributed by atoms with Crippen LogP contribution in [-0.4, -0.2) is 24.7 Å². The molecule has 0 saturated carbocycles. The molecule has 1 aromatic heterocycles. The van der Waals surface area contributed by atoms with E-state index < -0.39 is 0 Å². The second-order valence-corrected chi connectivity index (χ2v) is 4.32. The standard InChI is InChI=1S/C12H19N3O/c1-9-11(13)2-3-12(15-9)14-6-4-10-5-7-16-8-10/h2-3,10H,4-8,13H2,1H3,(H,14,15). The lowest BCUT2D eigenvalue weighted by Crippen LogP contribution is -2.10. The summed E-state index contributed by atoms with van der Waals surface area (Å²) in [6, 6.07) is 3.82. The summed E-state index contributed by atoms with van der Waals surface area (Å²) in [5, 5.41) is 3.32. The van der Waals surface area contributed by atoms with Gasteiger partial charge >= 0.3 is 0 Å². The van der Waals surface area contributed by atoms with Gasteiger partial charge in [-0.1, -0.05) is 0 Å². The van der Waals surface area contributed by atoms with Crippen molar-refractivity contribution in [2.24, 2.45) is 5.92 Å². The van der Waals surface area contributed by atoms with Crippen molar-refractivity contribution in [3.05, 3.63) is 17.8 Å². The Labute approximate surface area is 96.2 Å². The van der Waals surface area contributed by atoms with Gasteiger partial charge in [-0.2, -0.15) is 0 Å². The summed E-state index contributed by atoms with van der Waals surface area (Å²) >= 11 is 0. The topological polar surface area (TPSA) is 60.2 Å². The number of hydrogen-bond donors (Lipinski definition) is 2. The van der Waals surface area contributed by atoms with E-state index in [0.717, 1.165) is 43.4 Å². The Morgan fingerprint density at radius 2 is 2.44 bits per heavy atom. The molecular weight excluding hydrogens is 202 g/mol. The van der Waals surface area contributed by atoms with E-state index >= 15 is 0 Å². The molecule has 1 unspecified atom stereocenters. The number of ether oxygens (including phenoxy) is 1. The zero-order chi connectivity index (χ0) is 11.4. The SMILES string of the molecule is Cc1nc(NCCC2CCOC2)ccc1N. The van der Waals surface area contributed by atoms with Crippen molar-refractivity contribution in [3.63, 3.8) is 0 Å². The van der Waals surface area contributed by atoms with E-state index in [2.05, 4.69) is 10.3 Å². The highest BCUT2D eigenvalue weighted by Crippen LogP contribution is 2.17. The number of nitrogens with one attached hydrogen (secondary N) is 1. The fraction of sp³-hybridized carbons (Fsp3) is 0.583. The number of nitrogens with zero attached hydrogens (tertiary/aromatic N) is 1. The number of nitrogens with two attached hydrogens (primary N) is 1. The number of anilines is 2. The quantitative estimate of drug-likeness (QED) is 0.814. The van der Waals surface area contributed by atoms with Gasteiger partial charge in [0.15, 0.2) is 0 Å². The van der Waals surface area contributed by atoms with Crippen molar-refractivity contribution < 1.29 is 4.74 Å². The van der Waals surface area contributed by atoms with Gasteiger partial charge < -0.3 is 15.8 Å². The van der Waals surface area contributed by atoms with Gasteiger partial charge in [-0.15, -0.1) is 0 Å². The highest BCUT2D eigenvalue weighted by molar-refractivity contribution is 5.48. The van der Waals surface area contributed by atoms with Gasteiger partial charge in [0.05, 0.1) is 11.4 Å². The van der Waals surface area contributed by atoms with E-state index in [4.69, 9.17) is 10.5 Å². The maximum absolute atomic E-state index is 5.71. The molecule has 4 heteroatoms. The highest BCUT2D eigenvalue weighted by atomic mass is 16.5. The maximum Gasteiger partial charge on any atom is 0.126 e. The summed E-state index contributed by atoms with van der Waals surface area (Å²) < 4.78 is 5.33. The Balaban J connectivity index is 1.78. The van der Waals surface area contributed by atoms with Crippen LogP contribution in [0.25, 0.3) is 0 Å². The first-order chi connectivity index (χ1) is 7.75. The average Bonchev–Trinajstić information content (AvgIpc) is 2.76. The van der Waals surface area contributed by atoms with Gasteiger partial charge in [0.1, 0.15) is 5.82 Å². The van der Waals surface area contributed by atoms with Crippen molar-refractivity contribution in [2.75, 3.05) is 30.8 Å². The average molecular weight is 221 g/mol. The molecule has 0 radical (unpaired) electrons. The minimum Gasteiger partial charge on any atom is -0.397 e. The summed E-state index contributed by atoms with van der Waals surface area (Å²) in [5.41, 5.74) is 7.34. The molecule has 0 amide bonds. The van der Waals surface area contributed by atoms with Gasteiger partial charge in [0.25, 0.3) is 0 Å². The van der Waals surface area contributed by atoms with Crippen molar-refractivity contribution in [3.8, 4) is 0 Å². The maximum atomic E-state index is 5.71. The number of rotatable bonds is 4. The third kappa shape index (κ3) is 2.85. The van der Waals surface area contributed by atoms with Crippen LogP contribution in [0.1, 0.15) is 18.5 Å². The van der Waals surface area contributed by atoms with Crippen molar-refractivity contribution >= 4 is 11.5 Å². The molecule has 0 bridgehead atoms. The molecule has 0 aliphatic carbocycles. The van der Waals surface area contributed by atoms with Crippen molar-refractivity contribution in [2.45, 2.75) is 19.8 Å². The molecule has 1 aliphatic rings. The van der Waals surface area contributed by atoms with Crippen LogP contribution in [0.3, 0.4) is 0 Å². The van der Waals surface area contributed by atoms with E-state index in [-0.39, 0.29) is 0 Å². The van der Waals surface area contributed by atoms with Crippen LogP contribution in [0.15, 0.2) is 12.1 Å². The Hall–Kier alpha value is -1.29. The lowest BCUT2D eigenvalue weighted by Gasteiger charge is -2.10. The Bertz CT molecular complexity index is 348. The molecule has 88 valence electrons. The Morgan fingerprint density at radius 3 is 3.12 bits per heavy atom. The molecule has 16 heavy (non-hydrogen) atoms. The number of hydrogen-bond acceptors (Lipinski definition) is 4. The highest BCUT2D eigenvalue weighted by Gasteiger charge is 2.14. The molecule has 2 rings (SSSR count). The fourth-order valence-corrected chi connectivity index (χ4v) is 1.89. The second-order valence-electron chi connectivity index (χ2n) is 4.32. The molecule has 1 saturated heterocycles. The molecular formula is C12H19N3O.